The topological polar surface area (TPSA) is 88.8 Å². The molecule has 4 heterocycles. The lowest BCUT2D eigenvalue weighted by Gasteiger charge is -2.42. The Morgan fingerprint density at radius 3 is 2.80 bits per heavy atom. The van der Waals surface area contributed by atoms with Crippen LogP contribution in [-0.2, 0) is 23.1 Å². The van der Waals surface area contributed by atoms with E-state index < -0.39 is 17.8 Å². The summed E-state index contributed by atoms with van der Waals surface area (Å²) >= 11 is 0. The van der Waals surface area contributed by atoms with Gasteiger partial charge in [-0.2, -0.15) is 15.2 Å². The van der Waals surface area contributed by atoms with Gasteiger partial charge in [0.15, 0.2) is 5.83 Å². The van der Waals surface area contributed by atoms with E-state index in [-0.39, 0.29) is 18.4 Å². The highest BCUT2D eigenvalue weighted by Crippen LogP contribution is 2.48. The standard InChI is InChI=1S/C31H38FN7O2/c1-21(32)29(40)39-16-15-38(18-22(39)11-13-33)28-24-10-12-31(20-37(3)27-9-5-4-8-25(27)31)17-26(24)34-30(35-28)41-19-23-7-6-14-36(23)2/h4-5,8-9,22-23H,1,6-7,10-12,14-20H2,2-3H3/t22-,23-,31?/m0/s1. The maximum Gasteiger partial charge on any atom is 0.318 e. The monoisotopic (exact) mass is 559 g/mol. The van der Waals surface area contributed by atoms with E-state index >= 15 is 0 Å². The van der Waals surface area contributed by atoms with Crippen LogP contribution in [0.1, 0.15) is 42.5 Å². The Bertz CT molecular complexity index is 1390. The second-order valence-corrected chi connectivity index (χ2v) is 12.0. The zero-order valence-corrected chi connectivity index (χ0v) is 24.0. The summed E-state index contributed by atoms with van der Waals surface area (Å²) in [7, 11) is 4.28. The van der Waals surface area contributed by atoms with Gasteiger partial charge in [0, 0.05) is 62.4 Å². The Hall–Kier alpha value is -3.71. The van der Waals surface area contributed by atoms with Crippen LogP contribution in [0.3, 0.4) is 0 Å². The van der Waals surface area contributed by atoms with Crippen molar-refractivity contribution >= 4 is 17.4 Å². The number of rotatable bonds is 6. The molecule has 1 aliphatic carbocycles. The van der Waals surface area contributed by atoms with Gasteiger partial charge in [-0.25, -0.2) is 4.39 Å². The number of benzene rings is 1. The smallest absolute Gasteiger partial charge is 0.318 e. The van der Waals surface area contributed by atoms with Gasteiger partial charge in [0.25, 0.3) is 5.91 Å². The molecule has 2 saturated heterocycles. The van der Waals surface area contributed by atoms with Crippen LogP contribution < -0.4 is 14.5 Å². The number of amides is 1. The maximum absolute atomic E-state index is 13.8. The zero-order valence-electron chi connectivity index (χ0n) is 24.0. The molecule has 3 aliphatic heterocycles. The summed E-state index contributed by atoms with van der Waals surface area (Å²) in [6, 6.07) is 11.1. The SMILES string of the molecule is C=C(F)C(=O)N1CCN(c2nc(OC[C@@H]3CCCN3C)nc3c2CCC2(C3)CN(C)c3ccccc32)C[C@@H]1CC#N. The predicted octanol–water partition coefficient (Wildman–Crippen LogP) is 3.24. The molecule has 0 radical (unpaired) electrons. The highest BCUT2D eigenvalue weighted by molar-refractivity contribution is 5.91. The second kappa shape index (κ2) is 10.9. The number of para-hydroxylation sites is 1. The summed E-state index contributed by atoms with van der Waals surface area (Å²) in [6.07, 6.45) is 4.94. The normalized spacial score (nSPS) is 25.7. The van der Waals surface area contributed by atoms with Crippen molar-refractivity contribution in [1.29, 1.82) is 5.26 Å². The fraction of sp³-hybridized carbons (Fsp3) is 0.548. The number of aromatic nitrogens is 2. The van der Waals surface area contributed by atoms with E-state index in [1.54, 1.807) is 0 Å². The number of hydrogen-bond donors (Lipinski definition) is 0. The van der Waals surface area contributed by atoms with Gasteiger partial charge < -0.3 is 24.3 Å². The molecule has 3 atom stereocenters. The van der Waals surface area contributed by atoms with Crippen LogP contribution in [0, 0.1) is 11.3 Å². The Morgan fingerprint density at radius 2 is 2.05 bits per heavy atom. The highest BCUT2D eigenvalue weighted by Gasteiger charge is 2.45. The third kappa shape index (κ3) is 5.01. The van der Waals surface area contributed by atoms with Gasteiger partial charge in [-0.15, -0.1) is 0 Å². The van der Waals surface area contributed by atoms with E-state index in [0.29, 0.717) is 31.7 Å². The molecule has 0 bridgehead atoms. The van der Waals surface area contributed by atoms with Crippen LogP contribution in [0.25, 0.3) is 0 Å². The molecule has 1 unspecified atom stereocenters. The summed E-state index contributed by atoms with van der Waals surface area (Å²) < 4.78 is 20.1. The number of halogens is 1. The fourth-order valence-electron chi connectivity index (χ4n) is 7.35. The van der Waals surface area contributed by atoms with Gasteiger partial charge >= 0.3 is 6.01 Å². The number of hydrogen-bond acceptors (Lipinski definition) is 8. The number of fused-ring (bicyclic) bond motifs is 3. The first-order valence-corrected chi connectivity index (χ1v) is 14.6. The van der Waals surface area contributed by atoms with Crippen molar-refractivity contribution in [2.45, 2.75) is 56.0 Å². The van der Waals surface area contributed by atoms with Crippen LogP contribution in [0.5, 0.6) is 6.01 Å². The van der Waals surface area contributed by atoms with Crippen molar-refractivity contribution in [2.24, 2.45) is 0 Å². The third-order valence-electron chi connectivity index (χ3n) is 9.51. The Kier molecular flexibility index (Phi) is 7.32. The second-order valence-electron chi connectivity index (χ2n) is 12.0. The quantitative estimate of drug-likeness (QED) is 0.499. The predicted molar refractivity (Wildman–Crippen MR) is 155 cm³/mol. The molecule has 4 aliphatic rings. The first kappa shape index (κ1) is 27.5. The number of carbonyl (C=O) groups is 1. The number of likely N-dealkylation sites (N-methyl/N-ethyl adjacent to an activating group) is 2. The first-order valence-electron chi connectivity index (χ1n) is 14.6. The Labute approximate surface area is 241 Å². The lowest BCUT2D eigenvalue weighted by molar-refractivity contribution is -0.131. The zero-order chi connectivity index (χ0) is 28.7. The van der Waals surface area contributed by atoms with Crippen molar-refractivity contribution < 1.29 is 13.9 Å². The molecule has 0 N–H and O–H groups in total. The number of nitriles is 1. The number of piperazine rings is 1. The number of nitrogens with zero attached hydrogens (tertiary/aromatic N) is 7. The molecule has 9 nitrogen and oxygen atoms in total. The van der Waals surface area contributed by atoms with Gasteiger partial charge in [0.05, 0.1) is 24.2 Å². The molecule has 2 fully saturated rings. The lowest BCUT2D eigenvalue weighted by atomic mass is 9.70. The molecule has 1 amide bonds. The third-order valence-corrected chi connectivity index (χ3v) is 9.51. The van der Waals surface area contributed by atoms with Gasteiger partial charge in [-0.1, -0.05) is 24.8 Å². The van der Waals surface area contributed by atoms with Crippen molar-refractivity contribution in [3.05, 3.63) is 53.5 Å². The maximum atomic E-state index is 13.8. The van der Waals surface area contributed by atoms with Crippen molar-refractivity contribution in [3.8, 4) is 12.1 Å². The van der Waals surface area contributed by atoms with Crippen LogP contribution in [0.2, 0.25) is 0 Å². The molecule has 1 spiro atoms. The molecular formula is C31H38FN7O2. The van der Waals surface area contributed by atoms with E-state index in [4.69, 9.17) is 14.7 Å². The van der Waals surface area contributed by atoms with Crippen LogP contribution in [-0.4, -0.2) is 91.2 Å². The van der Waals surface area contributed by atoms with Crippen LogP contribution in [0.15, 0.2) is 36.7 Å². The van der Waals surface area contributed by atoms with E-state index in [2.05, 4.69) is 65.7 Å². The van der Waals surface area contributed by atoms with Gasteiger partial charge in [-0.05, 0) is 50.9 Å². The molecular weight excluding hydrogens is 521 g/mol. The summed E-state index contributed by atoms with van der Waals surface area (Å²) in [5.41, 5.74) is 4.74. The van der Waals surface area contributed by atoms with Crippen molar-refractivity contribution in [3.63, 3.8) is 0 Å². The van der Waals surface area contributed by atoms with Crippen LogP contribution >= 0.6 is 0 Å². The van der Waals surface area contributed by atoms with Crippen LogP contribution in [0.4, 0.5) is 15.9 Å². The first-order chi connectivity index (χ1) is 19.8. The van der Waals surface area contributed by atoms with E-state index in [1.807, 2.05) is 0 Å². The van der Waals surface area contributed by atoms with Crippen molar-refractivity contribution in [2.75, 3.05) is 63.2 Å². The molecule has 1 aromatic heterocycles. The molecule has 216 valence electrons. The minimum absolute atomic E-state index is 0.0249. The minimum atomic E-state index is -1.000. The molecule has 6 rings (SSSR count). The van der Waals surface area contributed by atoms with E-state index in [0.717, 1.165) is 62.3 Å². The number of carbonyl (C=O) groups excluding carboxylic acids is 1. The fourth-order valence-corrected chi connectivity index (χ4v) is 7.35. The largest absolute Gasteiger partial charge is 0.462 e. The lowest BCUT2D eigenvalue weighted by Crippen LogP contribution is -2.55. The summed E-state index contributed by atoms with van der Waals surface area (Å²) in [4.78, 5) is 30.7. The van der Waals surface area contributed by atoms with Gasteiger partial charge in [0.1, 0.15) is 12.4 Å². The van der Waals surface area contributed by atoms with Gasteiger partial charge in [-0.3, -0.25) is 4.79 Å². The summed E-state index contributed by atoms with van der Waals surface area (Å²) in [6.45, 7) is 6.87. The number of likely N-dealkylation sites (tertiary alicyclic amines) is 1. The molecule has 41 heavy (non-hydrogen) atoms. The summed E-state index contributed by atoms with van der Waals surface area (Å²) in [5, 5.41) is 9.49. The molecule has 10 heteroatoms. The summed E-state index contributed by atoms with van der Waals surface area (Å²) in [5.74, 6) is -0.931. The molecule has 2 aromatic rings. The number of ether oxygens (including phenoxy) is 1. The average Bonchev–Trinajstić information content (AvgIpc) is 3.50. The average molecular weight is 560 g/mol. The highest BCUT2D eigenvalue weighted by atomic mass is 19.1. The molecule has 0 saturated carbocycles. The van der Waals surface area contributed by atoms with Gasteiger partial charge in [0.2, 0.25) is 0 Å². The Balaban J connectivity index is 1.34. The van der Waals surface area contributed by atoms with Crippen molar-refractivity contribution in [1.82, 2.24) is 19.8 Å². The van der Waals surface area contributed by atoms with E-state index in [9.17, 15) is 14.4 Å². The molecule has 1 aromatic carbocycles. The minimum Gasteiger partial charge on any atom is -0.462 e. The number of anilines is 2. The Morgan fingerprint density at radius 1 is 1.22 bits per heavy atom. The van der Waals surface area contributed by atoms with E-state index in [1.165, 1.54) is 16.2 Å².